The van der Waals surface area contributed by atoms with Crippen LogP contribution in [0.4, 0.5) is 23.4 Å². The van der Waals surface area contributed by atoms with E-state index in [9.17, 15) is 4.79 Å². The number of hydrogen-bond donors (Lipinski definition) is 4. The van der Waals surface area contributed by atoms with Gasteiger partial charge in [0.05, 0.1) is 23.4 Å². The predicted molar refractivity (Wildman–Crippen MR) is 159 cm³/mol. The Labute approximate surface area is 242 Å². The van der Waals surface area contributed by atoms with E-state index in [1.807, 2.05) is 51.4 Å². The highest BCUT2D eigenvalue weighted by Crippen LogP contribution is 2.33. The predicted octanol–water partition coefficient (Wildman–Crippen LogP) is 3.04. The highest BCUT2D eigenvalue weighted by atomic mass is 16.5. The number of fused-ring (bicyclic) bond motifs is 1. The van der Waals surface area contributed by atoms with Gasteiger partial charge < -0.3 is 25.7 Å². The summed E-state index contributed by atoms with van der Waals surface area (Å²) in [6.07, 6.45) is 5.78. The quantitative estimate of drug-likeness (QED) is 0.207. The number of nitrogens with zero attached hydrogens (tertiary/aromatic N) is 8. The molecule has 1 fully saturated rings. The number of carbonyl (C=O) groups excluding carboxylic acids is 1. The molecule has 6 rings (SSSR count). The van der Waals surface area contributed by atoms with Gasteiger partial charge in [0.2, 0.25) is 17.8 Å². The van der Waals surface area contributed by atoms with Crippen molar-refractivity contribution in [3.8, 4) is 17.3 Å². The Hall–Kier alpha value is -5.11. The van der Waals surface area contributed by atoms with Crippen LogP contribution in [0, 0.1) is 13.8 Å². The van der Waals surface area contributed by atoms with Gasteiger partial charge in [0, 0.05) is 62.3 Å². The molecule has 5 aromatic rings. The number of nitrogens with one attached hydrogen (secondary N) is 4. The van der Waals surface area contributed by atoms with Gasteiger partial charge in [-0.25, -0.2) is 15.0 Å². The lowest BCUT2D eigenvalue weighted by Crippen LogP contribution is -2.33. The summed E-state index contributed by atoms with van der Waals surface area (Å²) in [6, 6.07) is 8.04. The molecule has 0 spiro atoms. The minimum Gasteiger partial charge on any atom is -0.459 e. The van der Waals surface area contributed by atoms with E-state index in [0.29, 0.717) is 29.9 Å². The van der Waals surface area contributed by atoms with Gasteiger partial charge in [-0.15, -0.1) is 0 Å². The first kappa shape index (κ1) is 27.1. The number of aryl methyl sites for hydroxylation is 3. The number of ether oxygens (including phenoxy) is 1. The summed E-state index contributed by atoms with van der Waals surface area (Å²) in [4.78, 5) is 40.0. The number of amides is 1. The molecule has 4 N–H and O–H groups in total. The van der Waals surface area contributed by atoms with E-state index in [-0.39, 0.29) is 24.6 Å². The molecule has 0 bridgehead atoms. The summed E-state index contributed by atoms with van der Waals surface area (Å²) in [6.45, 7) is 5.54. The van der Waals surface area contributed by atoms with Crippen LogP contribution in [0.3, 0.4) is 0 Å². The molecule has 0 saturated carbocycles. The minimum atomic E-state index is -0.104. The number of likely N-dealkylation sites (tertiary alicyclic amines) is 1. The van der Waals surface area contributed by atoms with E-state index in [0.717, 1.165) is 46.4 Å². The van der Waals surface area contributed by atoms with Crippen LogP contribution in [0.15, 0.2) is 43.0 Å². The molecule has 0 radical (unpaired) electrons. The highest BCUT2D eigenvalue weighted by molar-refractivity contribution is 6.06. The molecule has 1 aromatic carbocycles. The summed E-state index contributed by atoms with van der Waals surface area (Å²) in [5.41, 5.74) is 5.19. The van der Waals surface area contributed by atoms with Gasteiger partial charge in [-0.05, 0) is 31.9 Å². The number of benzene rings is 1. The van der Waals surface area contributed by atoms with Crippen molar-refractivity contribution in [2.24, 2.45) is 7.05 Å². The van der Waals surface area contributed by atoms with Gasteiger partial charge in [-0.3, -0.25) is 14.4 Å². The molecular formula is C28H32N12O2. The number of aromatic amines is 1. The second-order valence-corrected chi connectivity index (χ2v) is 10.2. The maximum absolute atomic E-state index is 13.1. The van der Waals surface area contributed by atoms with Crippen LogP contribution in [0.5, 0.6) is 6.01 Å². The molecular weight excluding hydrogens is 536 g/mol. The van der Waals surface area contributed by atoms with Gasteiger partial charge in [-0.2, -0.15) is 15.1 Å². The monoisotopic (exact) mass is 568 g/mol. The zero-order chi connectivity index (χ0) is 29.2. The Morgan fingerprint density at radius 3 is 2.86 bits per heavy atom. The fourth-order valence-electron chi connectivity index (χ4n) is 5.00. The van der Waals surface area contributed by atoms with Gasteiger partial charge in [0.15, 0.2) is 5.82 Å². The molecule has 14 heteroatoms. The van der Waals surface area contributed by atoms with Gasteiger partial charge >= 0.3 is 6.01 Å². The van der Waals surface area contributed by atoms with Crippen molar-refractivity contribution in [1.29, 1.82) is 0 Å². The summed E-state index contributed by atoms with van der Waals surface area (Å²) in [7, 11) is 3.62. The second kappa shape index (κ2) is 11.4. The third kappa shape index (κ3) is 5.69. The smallest absolute Gasteiger partial charge is 0.321 e. The zero-order valence-corrected chi connectivity index (χ0v) is 23.8. The van der Waals surface area contributed by atoms with Crippen molar-refractivity contribution in [1.82, 2.24) is 44.6 Å². The molecule has 4 aromatic heterocycles. The van der Waals surface area contributed by atoms with Crippen LogP contribution in [-0.2, 0) is 11.8 Å². The summed E-state index contributed by atoms with van der Waals surface area (Å²) < 4.78 is 7.70. The van der Waals surface area contributed by atoms with Gasteiger partial charge in [0.1, 0.15) is 12.4 Å². The second-order valence-electron chi connectivity index (χ2n) is 10.2. The third-order valence-electron chi connectivity index (χ3n) is 7.21. The molecule has 5 heterocycles. The van der Waals surface area contributed by atoms with Gasteiger partial charge in [0.25, 0.3) is 0 Å². The minimum absolute atomic E-state index is 0.100. The fourth-order valence-corrected chi connectivity index (χ4v) is 5.00. The first-order valence-electron chi connectivity index (χ1n) is 13.6. The number of rotatable bonds is 9. The standard InChI is InChI=1S/C28H32N12O2/c1-16-11-31-27(35-22-10-17(2)39(4)38-22)36-24(16)20-12-30-25-19(20)6-5-7-21(25)34-23(41)14-40-9-8-18(13-40)42-28-33-15-32-26(29-3)37-28/h5-7,10-12,15,18,30H,8-9,13-14H2,1-4H3,(H,34,41)(H,29,32,33,37)(H,31,35,36,38). The molecule has 1 amide bonds. The van der Waals surface area contributed by atoms with E-state index < -0.39 is 0 Å². The van der Waals surface area contributed by atoms with E-state index in [1.165, 1.54) is 6.33 Å². The maximum atomic E-state index is 13.1. The summed E-state index contributed by atoms with van der Waals surface area (Å²) >= 11 is 0. The van der Waals surface area contributed by atoms with Crippen LogP contribution in [0.1, 0.15) is 17.7 Å². The van der Waals surface area contributed by atoms with E-state index >= 15 is 0 Å². The topological polar surface area (TPSA) is 164 Å². The maximum Gasteiger partial charge on any atom is 0.321 e. The normalized spacial score (nSPS) is 15.2. The van der Waals surface area contributed by atoms with Crippen molar-refractivity contribution >= 4 is 40.2 Å². The first-order valence-corrected chi connectivity index (χ1v) is 13.6. The Kier molecular flexibility index (Phi) is 7.35. The molecule has 1 saturated heterocycles. The lowest BCUT2D eigenvalue weighted by molar-refractivity contribution is -0.117. The van der Waals surface area contributed by atoms with Gasteiger partial charge in [-0.1, -0.05) is 12.1 Å². The first-order chi connectivity index (χ1) is 20.4. The van der Waals surface area contributed by atoms with Crippen LogP contribution < -0.4 is 20.7 Å². The van der Waals surface area contributed by atoms with Crippen LogP contribution in [0.2, 0.25) is 0 Å². The Morgan fingerprint density at radius 1 is 1.17 bits per heavy atom. The van der Waals surface area contributed by atoms with E-state index in [4.69, 9.17) is 9.72 Å². The Balaban J connectivity index is 1.13. The molecule has 1 atom stereocenters. The average Bonchev–Trinajstić information content (AvgIpc) is 3.69. The summed E-state index contributed by atoms with van der Waals surface area (Å²) in [5.74, 6) is 1.48. The van der Waals surface area contributed by atoms with Crippen molar-refractivity contribution < 1.29 is 9.53 Å². The van der Waals surface area contributed by atoms with Crippen molar-refractivity contribution in [3.63, 3.8) is 0 Å². The molecule has 42 heavy (non-hydrogen) atoms. The summed E-state index contributed by atoms with van der Waals surface area (Å²) in [5, 5.41) is 14.5. The van der Waals surface area contributed by atoms with Crippen molar-refractivity contribution in [2.45, 2.75) is 26.4 Å². The number of para-hydroxylation sites is 1. The molecule has 1 aliphatic heterocycles. The van der Waals surface area contributed by atoms with E-state index in [1.54, 1.807) is 17.9 Å². The number of aromatic nitrogens is 8. The molecule has 1 unspecified atom stereocenters. The number of carbonyl (C=O) groups is 1. The Bertz CT molecular complexity index is 1730. The lowest BCUT2D eigenvalue weighted by atomic mass is 10.1. The third-order valence-corrected chi connectivity index (χ3v) is 7.21. The largest absolute Gasteiger partial charge is 0.459 e. The molecule has 0 aliphatic carbocycles. The lowest BCUT2D eigenvalue weighted by Gasteiger charge is -2.16. The van der Waals surface area contributed by atoms with Crippen LogP contribution in [0.25, 0.3) is 22.2 Å². The van der Waals surface area contributed by atoms with Crippen LogP contribution in [-0.4, -0.2) is 83.3 Å². The van der Waals surface area contributed by atoms with E-state index in [2.05, 4.69) is 50.9 Å². The number of anilines is 4. The van der Waals surface area contributed by atoms with Crippen molar-refractivity contribution in [2.75, 3.05) is 42.6 Å². The fraction of sp³-hybridized carbons (Fsp3) is 0.321. The SMILES string of the molecule is CNc1ncnc(OC2CCN(CC(=O)Nc3cccc4c(-c5nc(Nc6cc(C)n(C)n6)ncc5C)c[nH]c34)C2)n1. The number of H-pyrrole nitrogens is 1. The molecule has 216 valence electrons. The number of hydrogen-bond acceptors (Lipinski definition) is 11. The molecule has 14 nitrogen and oxygen atoms in total. The Morgan fingerprint density at radius 2 is 2.05 bits per heavy atom. The van der Waals surface area contributed by atoms with Crippen molar-refractivity contribution in [3.05, 3.63) is 54.2 Å². The molecule has 1 aliphatic rings. The average molecular weight is 569 g/mol. The van der Waals surface area contributed by atoms with Crippen LogP contribution >= 0.6 is 0 Å². The highest BCUT2D eigenvalue weighted by Gasteiger charge is 2.26. The zero-order valence-electron chi connectivity index (χ0n) is 23.8.